The van der Waals surface area contributed by atoms with E-state index in [0.717, 1.165) is 45.0 Å². The van der Waals surface area contributed by atoms with Crippen molar-refractivity contribution in [2.75, 3.05) is 47.4 Å². The van der Waals surface area contributed by atoms with Crippen molar-refractivity contribution >= 4 is 5.96 Å². The summed E-state index contributed by atoms with van der Waals surface area (Å²) in [5.41, 5.74) is 0.158. The number of aliphatic imine (C=N–C) groups is 1. The van der Waals surface area contributed by atoms with E-state index in [1.54, 1.807) is 0 Å². The molecule has 0 aromatic rings. The minimum absolute atomic E-state index is 0.0449. The predicted octanol–water partition coefficient (Wildman–Crippen LogP) is 1.31. The number of nitrogens with zero attached hydrogens (tertiary/aromatic N) is 2. The van der Waals surface area contributed by atoms with Crippen LogP contribution < -0.4 is 10.6 Å². The smallest absolute Gasteiger partial charge is 0.191 e. The highest BCUT2D eigenvalue weighted by Gasteiger charge is 2.29. The fourth-order valence-electron chi connectivity index (χ4n) is 2.70. The van der Waals surface area contributed by atoms with Crippen LogP contribution in [0.2, 0.25) is 0 Å². The minimum Gasteiger partial charge on any atom is -0.373 e. The van der Waals surface area contributed by atoms with Gasteiger partial charge < -0.3 is 20.3 Å². The van der Waals surface area contributed by atoms with Gasteiger partial charge in [-0.15, -0.1) is 0 Å². The first-order chi connectivity index (χ1) is 9.26. The third-order valence-corrected chi connectivity index (χ3v) is 3.63. The van der Waals surface area contributed by atoms with E-state index in [4.69, 9.17) is 4.74 Å². The first kappa shape index (κ1) is 17.2. The Morgan fingerprint density at radius 2 is 2.05 bits per heavy atom. The van der Waals surface area contributed by atoms with E-state index >= 15 is 0 Å². The number of ether oxygens (including phenoxy) is 1. The van der Waals surface area contributed by atoms with Crippen molar-refractivity contribution < 1.29 is 4.74 Å². The lowest BCUT2D eigenvalue weighted by Gasteiger charge is -2.30. The van der Waals surface area contributed by atoms with E-state index in [1.165, 1.54) is 0 Å². The molecular formula is C15H32N4O. The Bertz CT molecular complexity index is 320. The second-order valence-electron chi connectivity index (χ2n) is 7.08. The van der Waals surface area contributed by atoms with Crippen LogP contribution in [0.4, 0.5) is 0 Å². The van der Waals surface area contributed by atoms with Gasteiger partial charge >= 0.3 is 0 Å². The van der Waals surface area contributed by atoms with Gasteiger partial charge in [0.15, 0.2) is 5.96 Å². The van der Waals surface area contributed by atoms with Gasteiger partial charge in [0, 0.05) is 33.3 Å². The molecule has 1 aliphatic rings. The maximum Gasteiger partial charge on any atom is 0.191 e. The lowest BCUT2D eigenvalue weighted by molar-refractivity contribution is 0.0242. The molecule has 1 unspecified atom stereocenters. The van der Waals surface area contributed by atoms with Crippen LogP contribution in [0.3, 0.4) is 0 Å². The van der Waals surface area contributed by atoms with Crippen molar-refractivity contribution in [1.29, 1.82) is 0 Å². The average molecular weight is 284 g/mol. The van der Waals surface area contributed by atoms with E-state index < -0.39 is 0 Å². The highest BCUT2D eigenvalue weighted by molar-refractivity contribution is 5.79. The van der Waals surface area contributed by atoms with Crippen LogP contribution in [0, 0.1) is 5.41 Å². The summed E-state index contributed by atoms with van der Waals surface area (Å²) >= 11 is 0. The van der Waals surface area contributed by atoms with Crippen LogP contribution in [0.15, 0.2) is 4.99 Å². The van der Waals surface area contributed by atoms with E-state index in [0.29, 0.717) is 0 Å². The number of hydrogen-bond donors (Lipinski definition) is 2. The Morgan fingerprint density at radius 1 is 1.35 bits per heavy atom. The number of guanidine groups is 1. The second-order valence-corrected chi connectivity index (χ2v) is 7.08. The molecule has 0 saturated carbocycles. The molecule has 1 saturated heterocycles. The van der Waals surface area contributed by atoms with Crippen LogP contribution in [-0.2, 0) is 4.74 Å². The van der Waals surface area contributed by atoms with E-state index in [-0.39, 0.29) is 11.0 Å². The molecule has 0 aliphatic carbocycles. The maximum atomic E-state index is 5.78. The Morgan fingerprint density at radius 3 is 2.55 bits per heavy atom. The molecule has 0 radical (unpaired) electrons. The first-order valence-corrected chi connectivity index (χ1v) is 7.50. The van der Waals surface area contributed by atoms with E-state index in [9.17, 15) is 0 Å². The van der Waals surface area contributed by atoms with Crippen LogP contribution in [-0.4, -0.2) is 63.8 Å². The van der Waals surface area contributed by atoms with E-state index in [1.807, 2.05) is 7.05 Å². The normalized spacial score (nSPS) is 24.2. The highest BCUT2D eigenvalue weighted by atomic mass is 16.5. The van der Waals surface area contributed by atoms with Crippen LogP contribution in [0.25, 0.3) is 0 Å². The van der Waals surface area contributed by atoms with Crippen LogP contribution in [0.1, 0.15) is 33.6 Å². The molecule has 0 spiro atoms. The standard InChI is InChI=1S/C15H32N4O/c1-14(2,12-19(5)6)10-17-13(16-4)18-11-15(3)8-7-9-20-15/h7-12H2,1-6H3,(H2,16,17,18). The summed E-state index contributed by atoms with van der Waals surface area (Å²) in [5.74, 6) is 0.855. The largest absolute Gasteiger partial charge is 0.373 e. The van der Waals surface area contributed by atoms with Gasteiger partial charge in [-0.05, 0) is 39.3 Å². The third-order valence-electron chi connectivity index (χ3n) is 3.63. The molecule has 1 aliphatic heterocycles. The van der Waals surface area contributed by atoms with Crippen molar-refractivity contribution in [2.45, 2.75) is 39.2 Å². The van der Waals surface area contributed by atoms with Gasteiger partial charge in [0.05, 0.1) is 5.60 Å². The fraction of sp³-hybridized carbons (Fsp3) is 0.933. The summed E-state index contributed by atoms with van der Waals surface area (Å²) < 4.78 is 5.78. The van der Waals surface area contributed by atoms with E-state index in [2.05, 4.69) is 55.4 Å². The molecule has 2 N–H and O–H groups in total. The zero-order chi connectivity index (χ0) is 15.2. The SMILES string of the molecule is CN=C(NCC(C)(C)CN(C)C)NCC1(C)CCCO1. The Balaban J connectivity index is 2.36. The van der Waals surface area contributed by atoms with Crippen molar-refractivity contribution in [3.63, 3.8) is 0 Å². The first-order valence-electron chi connectivity index (χ1n) is 7.50. The summed E-state index contributed by atoms with van der Waals surface area (Å²) in [5, 5.41) is 6.79. The Labute approximate surface area is 124 Å². The number of nitrogens with one attached hydrogen (secondary N) is 2. The van der Waals surface area contributed by atoms with Gasteiger partial charge in [0.1, 0.15) is 0 Å². The number of hydrogen-bond acceptors (Lipinski definition) is 3. The summed E-state index contributed by atoms with van der Waals surface area (Å²) in [6.07, 6.45) is 2.27. The highest BCUT2D eigenvalue weighted by Crippen LogP contribution is 2.23. The monoisotopic (exact) mass is 284 g/mol. The lowest BCUT2D eigenvalue weighted by Crippen LogP contribution is -2.48. The quantitative estimate of drug-likeness (QED) is 0.570. The maximum absolute atomic E-state index is 5.78. The van der Waals surface area contributed by atoms with Gasteiger partial charge in [0.25, 0.3) is 0 Å². The molecule has 0 amide bonds. The van der Waals surface area contributed by atoms with Gasteiger partial charge in [-0.3, -0.25) is 4.99 Å². The summed E-state index contributed by atoms with van der Waals surface area (Å²) in [6.45, 7) is 10.3. The molecule has 1 atom stereocenters. The summed E-state index contributed by atoms with van der Waals surface area (Å²) in [4.78, 5) is 6.50. The summed E-state index contributed by atoms with van der Waals surface area (Å²) in [6, 6.07) is 0. The molecule has 1 fully saturated rings. The Hall–Kier alpha value is -0.810. The molecule has 5 nitrogen and oxygen atoms in total. The Kier molecular flexibility index (Phi) is 6.27. The molecule has 118 valence electrons. The summed E-state index contributed by atoms with van der Waals surface area (Å²) in [7, 11) is 6.02. The van der Waals surface area contributed by atoms with Crippen molar-refractivity contribution in [3.05, 3.63) is 0 Å². The van der Waals surface area contributed by atoms with Gasteiger partial charge in [-0.2, -0.15) is 0 Å². The topological polar surface area (TPSA) is 48.9 Å². The fourth-order valence-corrected chi connectivity index (χ4v) is 2.70. The molecule has 20 heavy (non-hydrogen) atoms. The predicted molar refractivity (Wildman–Crippen MR) is 85.3 cm³/mol. The molecular weight excluding hydrogens is 252 g/mol. The van der Waals surface area contributed by atoms with Gasteiger partial charge in [-0.1, -0.05) is 13.8 Å². The van der Waals surface area contributed by atoms with Gasteiger partial charge in [-0.25, -0.2) is 0 Å². The zero-order valence-electron chi connectivity index (χ0n) is 14.0. The minimum atomic E-state index is -0.0449. The zero-order valence-corrected chi connectivity index (χ0v) is 14.0. The van der Waals surface area contributed by atoms with Crippen molar-refractivity contribution in [1.82, 2.24) is 15.5 Å². The second kappa shape index (κ2) is 7.27. The molecule has 0 aromatic carbocycles. The molecule has 0 aromatic heterocycles. The van der Waals surface area contributed by atoms with Crippen LogP contribution in [0.5, 0.6) is 0 Å². The molecule has 1 heterocycles. The molecule has 5 heteroatoms. The van der Waals surface area contributed by atoms with Crippen molar-refractivity contribution in [2.24, 2.45) is 10.4 Å². The lowest BCUT2D eigenvalue weighted by atomic mass is 9.93. The van der Waals surface area contributed by atoms with Gasteiger partial charge in [0.2, 0.25) is 0 Å². The van der Waals surface area contributed by atoms with Crippen LogP contribution >= 0.6 is 0 Å². The molecule has 1 rings (SSSR count). The number of rotatable bonds is 6. The third kappa shape index (κ3) is 6.09. The molecule has 0 bridgehead atoms. The average Bonchev–Trinajstić information content (AvgIpc) is 2.75. The van der Waals surface area contributed by atoms with Crippen molar-refractivity contribution in [3.8, 4) is 0 Å².